The lowest BCUT2D eigenvalue weighted by Crippen LogP contribution is -2.43. The van der Waals surface area contributed by atoms with Gasteiger partial charge in [-0.1, -0.05) is 29.8 Å². The predicted molar refractivity (Wildman–Crippen MR) is 117 cm³/mol. The topological polar surface area (TPSA) is 122 Å². The number of aryl methyl sites for hydroxylation is 1. The van der Waals surface area contributed by atoms with E-state index < -0.39 is 14.9 Å². The van der Waals surface area contributed by atoms with E-state index in [2.05, 4.69) is 10.0 Å². The zero-order chi connectivity index (χ0) is 22.4. The Hall–Kier alpha value is -2.82. The molecule has 0 bridgehead atoms. The van der Waals surface area contributed by atoms with Gasteiger partial charge in [0.15, 0.2) is 0 Å². The van der Waals surface area contributed by atoms with E-state index in [-0.39, 0.29) is 34.6 Å². The van der Waals surface area contributed by atoms with Crippen molar-refractivity contribution in [2.75, 3.05) is 31.5 Å². The number of sulfonamides is 1. The van der Waals surface area contributed by atoms with Gasteiger partial charge in [0.2, 0.25) is 15.9 Å². The van der Waals surface area contributed by atoms with E-state index in [1.165, 1.54) is 12.1 Å². The molecule has 1 unspecified atom stereocenters. The number of anilines is 1. The van der Waals surface area contributed by atoms with Crippen LogP contribution in [0.1, 0.15) is 18.4 Å². The highest BCUT2D eigenvalue weighted by molar-refractivity contribution is 7.89. The summed E-state index contributed by atoms with van der Waals surface area (Å²) in [5.74, 6) is -0.261. The highest BCUT2D eigenvalue weighted by atomic mass is 32.2. The molecule has 9 nitrogen and oxygen atoms in total. The summed E-state index contributed by atoms with van der Waals surface area (Å²) in [6.07, 6.45) is 1.70. The molecule has 1 saturated heterocycles. The molecule has 10 heteroatoms. The second-order valence-corrected chi connectivity index (χ2v) is 9.50. The second kappa shape index (κ2) is 9.99. The normalized spacial score (nSPS) is 17.3. The number of carbonyl (C=O) groups excluding carboxylic acids is 1. The van der Waals surface area contributed by atoms with Crippen molar-refractivity contribution < 1.29 is 18.1 Å². The standard InChI is InChI=1S/C21H26N4O5S/c1-16-8-10-18(11-9-16)31(29,30)22-13-17-5-4-12-24(14-17)15-21(26)23-19-6-2-3-7-20(19)25(27)28/h2-3,6-11,17,22H,4-5,12-15H2,1H3,(H,23,26). The van der Waals surface area contributed by atoms with Crippen molar-refractivity contribution >= 4 is 27.3 Å². The van der Waals surface area contributed by atoms with Crippen LogP contribution in [0.4, 0.5) is 11.4 Å². The molecule has 3 rings (SSSR count). The van der Waals surface area contributed by atoms with Gasteiger partial charge in [-0.2, -0.15) is 0 Å². The summed E-state index contributed by atoms with van der Waals surface area (Å²) < 4.78 is 27.7. The summed E-state index contributed by atoms with van der Waals surface area (Å²) in [6.45, 7) is 3.56. The van der Waals surface area contributed by atoms with Gasteiger partial charge >= 0.3 is 0 Å². The Morgan fingerprint density at radius 1 is 1.19 bits per heavy atom. The fourth-order valence-corrected chi connectivity index (χ4v) is 4.74. The van der Waals surface area contributed by atoms with Crippen molar-refractivity contribution in [3.05, 3.63) is 64.2 Å². The number of amides is 1. The maximum absolute atomic E-state index is 12.5. The maximum Gasteiger partial charge on any atom is 0.292 e. The molecule has 0 saturated carbocycles. The molecule has 1 amide bonds. The first-order chi connectivity index (χ1) is 14.7. The first kappa shape index (κ1) is 22.9. The lowest BCUT2D eigenvalue weighted by molar-refractivity contribution is -0.383. The molecule has 1 aliphatic heterocycles. The molecular weight excluding hydrogens is 420 g/mol. The summed E-state index contributed by atoms with van der Waals surface area (Å²) in [7, 11) is -3.58. The van der Waals surface area contributed by atoms with Gasteiger partial charge in [-0.3, -0.25) is 19.8 Å². The minimum absolute atomic E-state index is 0.0767. The van der Waals surface area contributed by atoms with Crippen LogP contribution in [0.3, 0.4) is 0 Å². The minimum Gasteiger partial charge on any atom is -0.319 e. The molecular formula is C21H26N4O5S. The highest BCUT2D eigenvalue weighted by Crippen LogP contribution is 2.23. The predicted octanol–water partition coefficient (Wildman–Crippen LogP) is 2.53. The molecule has 2 aromatic rings. The molecule has 1 fully saturated rings. The number of likely N-dealkylation sites (tertiary alicyclic amines) is 1. The van der Waals surface area contributed by atoms with Gasteiger partial charge in [0.25, 0.3) is 5.69 Å². The van der Waals surface area contributed by atoms with Crippen molar-refractivity contribution in [1.82, 2.24) is 9.62 Å². The quantitative estimate of drug-likeness (QED) is 0.475. The Balaban J connectivity index is 1.53. The number of hydrogen-bond acceptors (Lipinski definition) is 6. The van der Waals surface area contributed by atoms with Crippen LogP contribution in [-0.4, -0.2) is 50.3 Å². The van der Waals surface area contributed by atoms with Gasteiger partial charge in [0.1, 0.15) is 5.69 Å². The van der Waals surface area contributed by atoms with Crippen molar-refractivity contribution in [3.8, 4) is 0 Å². The smallest absolute Gasteiger partial charge is 0.292 e. The Morgan fingerprint density at radius 2 is 1.90 bits per heavy atom. The molecule has 0 radical (unpaired) electrons. The molecule has 1 atom stereocenters. The Bertz CT molecular complexity index is 1040. The third-order valence-electron chi connectivity index (χ3n) is 5.24. The van der Waals surface area contributed by atoms with Crippen LogP contribution in [0.15, 0.2) is 53.4 Å². The number of piperidine rings is 1. The van der Waals surface area contributed by atoms with Crippen molar-refractivity contribution in [2.24, 2.45) is 5.92 Å². The minimum atomic E-state index is -3.58. The van der Waals surface area contributed by atoms with Crippen LogP contribution >= 0.6 is 0 Å². The Labute approximate surface area is 181 Å². The van der Waals surface area contributed by atoms with Crippen LogP contribution in [0.25, 0.3) is 0 Å². The number of nitro groups is 1. The lowest BCUT2D eigenvalue weighted by atomic mass is 9.98. The van der Waals surface area contributed by atoms with Gasteiger partial charge in [0, 0.05) is 19.2 Å². The highest BCUT2D eigenvalue weighted by Gasteiger charge is 2.24. The summed E-state index contributed by atoms with van der Waals surface area (Å²) in [5, 5.41) is 13.7. The van der Waals surface area contributed by atoms with Crippen LogP contribution in [0.2, 0.25) is 0 Å². The number of hydrogen-bond donors (Lipinski definition) is 2. The summed E-state index contributed by atoms with van der Waals surface area (Å²) in [4.78, 5) is 25.1. The fraction of sp³-hybridized carbons (Fsp3) is 0.381. The van der Waals surface area contributed by atoms with E-state index in [4.69, 9.17) is 0 Å². The fourth-order valence-electron chi connectivity index (χ4n) is 3.62. The van der Waals surface area contributed by atoms with Crippen molar-refractivity contribution in [3.63, 3.8) is 0 Å². The molecule has 1 aliphatic rings. The number of para-hydroxylation sites is 2. The first-order valence-corrected chi connectivity index (χ1v) is 11.5. The van der Waals surface area contributed by atoms with Gasteiger partial charge < -0.3 is 5.32 Å². The van der Waals surface area contributed by atoms with E-state index in [1.807, 2.05) is 11.8 Å². The average molecular weight is 447 g/mol. The summed E-state index contributed by atoms with van der Waals surface area (Å²) in [6, 6.07) is 12.7. The van der Waals surface area contributed by atoms with E-state index in [0.29, 0.717) is 19.6 Å². The monoisotopic (exact) mass is 446 g/mol. The van der Waals surface area contributed by atoms with Crippen LogP contribution in [0.5, 0.6) is 0 Å². The summed E-state index contributed by atoms with van der Waals surface area (Å²) in [5.41, 5.74) is 0.996. The molecule has 1 heterocycles. The molecule has 2 N–H and O–H groups in total. The second-order valence-electron chi connectivity index (χ2n) is 7.73. The van der Waals surface area contributed by atoms with Crippen LogP contribution < -0.4 is 10.0 Å². The SMILES string of the molecule is Cc1ccc(S(=O)(=O)NCC2CCCN(CC(=O)Nc3ccccc3[N+](=O)[O-])C2)cc1. The lowest BCUT2D eigenvalue weighted by Gasteiger charge is -2.32. The van der Waals surface area contributed by atoms with Crippen LogP contribution in [-0.2, 0) is 14.8 Å². The zero-order valence-electron chi connectivity index (χ0n) is 17.3. The molecule has 0 aliphatic carbocycles. The number of nitrogens with zero attached hydrogens (tertiary/aromatic N) is 2. The zero-order valence-corrected chi connectivity index (χ0v) is 18.1. The van der Waals surface area contributed by atoms with Gasteiger partial charge in [-0.15, -0.1) is 0 Å². The molecule has 0 spiro atoms. The Morgan fingerprint density at radius 3 is 2.61 bits per heavy atom. The molecule has 0 aromatic heterocycles. The third kappa shape index (κ3) is 6.33. The largest absolute Gasteiger partial charge is 0.319 e. The molecule has 2 aromatic carbocycles. The van der Waals surface area contributed by atoms with Crippen molar-refractivity contribution in [1.29, 1.82) is 0 Å². The van der Waals surface area contributed by atoms with Crippen LogP contribution in [0, 0.1) is 23.0 Å². The summed E-state index contributed by atoms with van der Waals surface area (Å²) >= 11 is 0. The number of nitrogens with one attached hydrogen (secondary N) is 2. The number of carbonyl (C=O) groups is 1. The number of nitro benzene ring substituents is 1. The maximum atomic E-state index is 12.5. The van der Waals surface area contributed by atoms with Crippen molar-refractivity contribution in [2.45, 2.75) is 24.7 Å². The van der Waals surface area contributed by atoms with Gasteiger partial charge in [0.05, 0.1) is 16.4 Å². The van der Waals surface area contributed by atoms with E-state index in [9.17, 15) is 23.3 Å². The van der Waals surface area contributed by atoms with E-state index >= 15 is 0 Å². The van der Waals surface area contributed by atoms with E-state index in [0.717, 1.165) is 18.4 Å². The number of rotatable bonds is 8. The van der Waals surface area contributed by atoms with E-state index in [1.54, 1.807) is 36.4 Å². The van der Waals surface area contributed by atoms with Gasteiger partial charge in [-0.25, -0.2) is 13.1 Å². The first-order valence-electron chi connectivity index (χ1n) is 10.1. The molecule has 166 valence electrons. The van der Waals surface area contributed by atoms with Gasteiger partial charge in [-0.05, 0) is 50.4 Å². The average Bonchev–Trinajstić information content (AvgIpc) is 2.73. The molecule has 31 heavy (non-hydrogen) atoms. The third-order valence-corrected chi connectivity index (χ3v) is 6.68. The Kier molecular flexibility index (Phi) is 7.37. The number of benzene rings is 2.